The van der Waals surface area contributed by atoms with Crippen LogP contribution < -0.4 is 4.74 Å². The molecule has 0 atom stereocenters. The first kappa shape index (κ1) is 20.3. The first-order chi connectivity index (χ1) is 15.2. The lowest BCUT2D eigenvalue weighted by atomic mass is 9.99. The molecular formula is C25H22N2O4. The number of nitrogens with zero attached hydrogens (tertiary/aromatic N) is 2. The van der Waals surface area contributed by atoms with Crippen molar-refractivity contribution in [2.24, 2.45) is 0 Å². The van der Waals surface area contributed by atoms with Gasteiger partial charge in [-0.3, -0.25) is 9.36 Å². The van der Waals surface area contributed by atoms with Gasteiger partial charge in [0.1, 0.15) is 0 Å². The highest BCUT2D eigenvalue weighted by Crippen LogP contribution is 2.28. The van der Waals surface area contributed by atoms with E-state index in [1.165, 1.54) is 7.11 Å². The summed E-state index contributed by atoms with van der Waals surface area (Å²) in [7, 11) is 1.36. The second-order valence-electron chi connectivity index (χ2n) is 6.98. The van der Waals surface area contributed by atoms with Gasteiger partial charge in [-0.15, -0.1) is 0 Å². The average Bonchev–Trinajstić information content (AvgIpc) is 3.16. The number of aldehydes is 1. The number of carbonyl (C=O) groups excluding carboxylic acids is 2. The maximum Gasteiger partial charge on any atom is 0.340 e. The van der Waals surface area contributed by atoms with Gasteiger partial charge in [-0.25, -0.2) is 4.79 Å². The van der Waals surface area contributed by atoms with Crippen LogP contribution in [0.3, 0.4) is 0 Å². The van der Waals surface area contributed by atoms with Crippen molar-refractivity contribution in [2.75, 3.05) is 13.7 Å². The van der Waals surface area contributed by atoms with E-state index in [9.17, 15) is 9.59 Å². The Morgan fingerprint density at radius 1 is 1.03 bits per heavy atom. The molecule has 31 heavy (non-hydrogen) atoms. The van der Waals surface area contributed by atoms with Gasteiger partial charge >= 0.3 is 5.97 Å². The van der Waals surface area contributed by atoms with Gasteiger partial charge < -0.3 is 9.47 Å². The molecule has 0 unspecified atom stereocenters. The van der Waals surface area contributed by atoms with Crippen LogP contribution in [0.5, 0.6) is 6.01 Å². The van der Waals surface area contributed by atoms with Crippen LogP contribution in [-0.2, 0) is 11.3 Å². The van der Waals surface area contributed by atoms with Gasteiger partial charge in [0.2, 0.25) is 0 Å². The zero-order chi connectivity index (χ0) is 21.8. The van der Waals surface area contributed by atoms with E-state index in [2.05, 4.69) is 4.98 Å². The molecule has 0 spiro atoms. The topological polar surface area (TPSA) is 70.4 Å². The number of fused-ring (bicyclic) bond motifs is 1. The van der Waals surface area contributed by atoms with Crippen LogP contribution >= 0.6 is 0 Å². The third kappa shape index (κ3) is 3.92. The van der Waals surface area contributed by atoms with Crippen molar-refractivity contribution < 1.29 is 19.1 Å². The number of benzene rings is 3. The van der Waals surface area contributed by atoms with E-state index in [4.69, 9.17) is 9.47 Å². The van der Waals surface area contributed by atoms with E-state index in [1.807, 2.05) is 60.0 Å². The van der Waals surface area contributed by atoms with E-state index in [-0.39, 0.29) is 0 Å². The number of aromatic nitrogens is 2. The Hall–Kier alpha value is -3.93. The van der Waals surface area contributed by atoms with Gasteiger partial charge in [0.25, 0.3) is 6.01 Å². The Balaban J connectivity index is 1.75. The minimum atomic E-state index is -0.421. The first-order valence-electron chi connectivity index (χ1n) is 10.00. The maximum atomic E-state index is 12.3. The molecule has 4 rings (SSSR count). The summed E-state index contributed by atoms with van der Waals surface area (Å²) in [5.74, 6) is -0.421. The van der Waals surface area contributed by atoms with Crippen molar-refractivity contribution in [1.82, 2.24) is 9.55 Å². The second kappa shape index (κ2) is 8.83. The Bertz CT molecular complexity index is 1240. The lowest BCUT2D eigenvalue weighted by Gasteiger charge is -2.12. The second-order valence-corrected chi connectivity index (χ2v) is 6.98. The van der Waals surface area contributed by atoms with Gasteiger partial charge in [0.05, 0.1) is 36.9 Å². The summed E-state index contributed by atoms with van der Waals surface area (Å²) in [5.41, 5.74) is 5.29. The molecule has 0 N–H and O–H groups in total. The van der Waals surface area contributed by atoms with Gasteiger partial charge in [-0.05, 0) is 35.7 Å². The Labute approximate surface area is 180 Å². The fourth-order valence-electron chi connectivity index (χ4n) is 3.66. The molecule has 3 aromatic carbocycles. The fourth-order valence-corrected chi connectivity index (χ4v) is 3.66. The highest BCUT2D eigenvalue weighted by molar-refractivity contribution is 6.02. The monoisotopic (exact) mass is 414 g/mol. The summed E-state index contributed by atoms with van der Waals surface area (Å²) in [4.78, 5) is 28.2. The van der Waals surface area contributed by atoms with Gasteiger partial charge in [-0.2, -0.15) is 4.98 Å². The van der Waals surface area contributed by atoms with E-state index in [0.717, 1.165) is 23.0 Å². The minimum absolute atomic E-state index is 0.421. The van der Waals surface area contributed by atoms with Gasteiger partial charge in [0, 0.05) is 5.56 Å². The Kier molecular flexibility index (Phi) is 5.80. The van der Waals surface area contributed by atoms with E-state index >= 15 is 0 Å². The number of para-hydroxylation sites is 1. The van der Waals surface area contributed by atoms with Crippen molar-refractivity contribution >= 4 is 23.3 Å². The van der Waals surface area contributed by atoms with Crippen molar-refractivity contribution in [3.8, 4) is 17.1 Å². The summed E-state index contributed by atoms with van der Waals surface area (Å²) in [5, 5.41) is 0. The molecule has 156 valence electrons. The molecule has 0 saturated carbocycles. The zero-order valence-corrected chi connectivity index (χ0v) is 17.4. The summed E-state index contributed by atoms with van der Waals surface area (Å²) >= 11 is 0. The Morgan fingerprint density at radius 2 is 1.81 bits per heavy atom. The maximum absolute atomic E-state index is 12.3. The predicted octanol–water partition coefficient (Wildman–Crippen LogP) is 4.75. The summed E-state index contributed by atoms with van der Waals surface area (Å²) in [6, 6.07) is 21.3. The standard InChI is InChI=1S/C25H22N2O4/c1-3-31-25-26-22-10-6-9-21(24(29)30-2)23(22)27(25)15-17-11-13-18(14-12-17)20-8-5-4-7-19(20)16-28/h4-14,16H,3,15H2,1-2H3. The number of hydrogen-bond acceptors (Lipinski definition) is 5. The average molecular weight is 414 g/mol. The van der Waals surface area contributed by atoms with Crippen molar-refractivity contribution in [3.05, 3.63) is 83.4 Å². The summed E-state index contributed by atoms with van der Waals surface area (Å²) < 4.78 is 12.6. The normalized spacial score (nSPS) is 10.8. The molecule has 1 aromatic heterocycles. The summed E-state index contributed by atoms with van der Waals surface area (Å²) in [6.45, 7) is 2.82. The zero-order valence-electron chi connectivity index (χ0n) is 17.4. The fraction of sp³-hybridized carbons (Fsp3) is 0.160. The molecule has 0 aliphatic heterocycles. The SMILES string of the molecule is CCOc1nc2cccc(C(=O)OC)c2n1Cc1ccc(-c2ccccc2C=O)cc1. The van der Waals surface area contributed by atoms with E-state index in [0.29, 0.717) is 41.3 Å². The number of imidazole rings is 1. The van der Waals surface area contributed by atoms with E-state index < -0.39 is 5.97 Å². The third-order valence-corrected chi connectivity index (χ3v) is 5.10. The highest BCUT2D eigenvalue weighted by Gasteiger charge is 2.19. The van der Waals surface area contributed by atoms with Crippen LogP contribution in [-0.4, -0.2) is 35.5 Å². The van der Waals surface area contributed by atoms with Crippen molar-refractivity contribution in [3.63, 3.8) is 0 Å². The molecule has 6 heteroatoms. The molecule has 6 nitrogen and oxygen atoms in total. The number of carbonyl (C=O) groups is 2. The van der Waals surface area contributed by atoms with Crippen LogP contribution in [0.15, 0.2) is 66.7 Å². The van der Waals surface area contributed by atoms with E-state index in [1.54, 1.807) is 18.2 Å². The van der Waals surface area contributed by atoms with Crippen LogP contribution in [0.1, 0.15) is 33.2 Å². The number of esters is 1. The van der Waals surface area contributed by atoms with Crippen LogP contribution in [0, 0.1) is 0 Å². The first-order valence-corrected chi connectivity index (χ1v) is 10.00. The van der Waals surface area contributed by atoms with Crippen LogP contribution in [0.4, 0.5) is 0 Å². The molecule has 0 saturated heterocycles. The predicted molar refractivity (Wildman–Crippen MR) is 119 cm³/mol. The molecule has 0 bridgehead atoms. The molecule has 4 aromatic rings. The number of rotatable bonds is 7. The van der Waals surface area contributed by atoms with Gasteiger partial charge in [0.15, 0.2) is 6.29 Å². The molecule has 0 fully saturated rings. The molecule has 0 aliphatic rings. The Morgan fingerprint density at radius 3 is 2.52 bits per heavy atom. The minimum Gasteiger partial charge on any atom is -0.465 e. The van der Waals surface area contributed by atoms with Crippen molar-refractivity contribution in [1.29, 1.82) is 0 Å². The van der Waals surface area contributed by atoms with Crippen LogP contribution in [0.2, 0.25) is 0 Å². The lowest BCUT2D eigenvalue weighted by molar-refractivity contribution is 0.0602. The smallest absolute Gasteiger partial charge is 0.340 e. The van der Waals surface area contributed by atoms with Crippen molar-refractivity contribution in [2.45, 2.75) is 13.5 Å². The van der Waals surface area contributed by atoms with Gasteiger partial charge in [-0.1, -0.05) is 54.6 Å². The largest absolute Gasteiger partial charge is 0.465 e. The summed E-state index contributed by atoms with van der Waals surface area (Å²) in [6.07, 6.45) is 0.865. The highest BCUT2D eigenvalue weighted by atomic mass is 16.5. The molecule has 1 heterocycles. The lowest BCUT2D eigenvalue weighted by Crippen LogP contribution is -2.09. The number of hydrogen-bond donors (Lipinski definition) is 0. The molecule has 0 radical (unpaired) electrons. The number of methoxy groups -OCH3 is 1. The number of ether oxygens (including phenoxy) is 2. The van der Waals surface area contributed by atoms with Crippen LogP contribution in [0.25, 0.3) is 22.2 Å². The quantitative estimate of drug-likeness (QED) is 0.322. The molecule has 0 amide bonds. The third-order valence-electron chi connectivity index (χ3n) is 5.10. The molecular weight excluding hydrogens is 392 g/mol. The molecule has 0 aliphatic carbocycles.